The number of amides is 1. The van der Waals surface area contributed by atoms with Gasteiger partial charge in [-0.1, -0.05) is 37.9 Å². The zero-order valence-corrected chi connectivity index (χ0v) is 21.5. The molecule has 2 fully saturated rings. The molecular weight excluding hydrogens is 481 g/mol. The molecule has 2 aromatic carbocycles. The predicted molar refractivity (Wildman–Crippen MR) is 143 cm³/mol. The van der Waals surface area contributed by atoms with Crippen LogP contribution in [0, 0.1) is 11.2 Å². The number of aromatic nitrogens is 2. The van der Waals surface area contributed by atoms with Gasteiger partial charge in [-0.25, -0.2) is 14.4 Å². The number of nitrogens with zero attached hydrogens (tertiary/aromatic N) is 3. The van der Waals surface area contributed by atoms with Crippen LogP contribution in [0.15, 0.2) is 48.8 Å². The van der Waals surface area contributed by atoms with Crippen LogP contribution >= 0.6 is 11.6 Å². The number of halogens is 2. The van der Waals surface area contributed by atoms with Crippen LogP contribution in [0.5, 0.6) is 5.75 Å². The van der Waals surface area contributed by atoms with Gasteiger partial charge in [-0.05, 0) is 42.5 Å². The second-order valence-electron chi connectivity index (χ2n) is 8.96. The second kappa shape index (κ2) is 11.2. The highest BCUT2D eigenvalue weighted by Gasteiger charge is 2.46. The zero-order chi connectivity index (χ0) is 25.7. The van der Waals surface area contributed by atoms with Crippen LogP contribution in [0.4, 0.5) is 21.6 Å². The van der Waals surface area contributed by atoms with Gasteiger partial charge in [0.15, 0.2) is 0 Å². The third kappa shape index (κ3) is 5.60. The molecule has 5 rings (SSSR count). The Labute approximate surface area is 215 Å². The maximum atomic E-state index is 13.5. The Balaban J connectivity index is 0.00000148. The Morgan fingerprint density at radius 3 is 2.67 bits per heavy atom. The van der Waals surface area contributed by atoms with E-state index in [0.717, 1.165) is 19.6 Å². The van der Waals surface area contributed by atoms with E-state index in [4.69, 9.17) is 16.3 Å². The second-order valence-corrected chi connectivity index (χ2v) is 9.37. The third-order valence-electron chi connectivity index (χ3n) is 6.56. The summed E-state index contributed by atoms with van der Waals surface area (Å²) in [4.78, 5) is 23.5. The van der Waals surface area contributed by atoms with Gasteiger partial charge in [-0.3, -0.25) is 9.69 Å². The Kier molecular flexibility index (Phi) is 8.06. The van der Waals surface area contributed by atoms with Crippen molar-refractivity contribution in [2.24, 2.45) is 5.41 Å². The number of nitrogens with one attached hydrogen (secondary N) is 2. The maximum Gasteiger partial charge on any atom is 0.248 e. The molecular formula is C27H31ClFN5O2. The third-order valence-corrected chi connectivity index (χ3v) is 6.85. The molecule has 190 valence electrons. The number of carbonyl (C=O) groups is 1. The van der Waals surface area contributed by atoms with E-state index in [-0.39, 0.29) is 10.9 Å². The molecule has 3 aromatic rings. The number of rotatable bonds is 7. The number of hydrogen-bond donors (Lipinski definition) is 2. The minimum atomic E-state index is -0.501. The number of anilines is 3. The molecule has 0 atom stereocenters. The minimum Gasteiger partial charge on any atom is -0.494 e. The molecule has 1 aromatic heterocycles. The average Bonchev–Trinajstić information content (AvgIpc) is 2.83. The standard InChI is InChI=1S/C25H25ClFN5O2.C2H6/c1-34-22-12-20-17(24(29-15-28-20)30-16-5-6-19(27)18(26)10-16)11-21(22)31-23(33)4-2-9-32-13-25(14-32)7-3-8-25;1-2/h2,4-6,10-12,15H,3,7-9,13-14H2,1H3,(H,31,33)(H,28,29,30);1-2H3/b4-2+;. The van der Waals surface area contributed by atoms with Crippen molar-refractivity contribution in [3.05, 3.63) is 59.7 Å². The van der Waals surface area contributed by atoms with Crippen LogP contribution in [-0.2, 0) is 4.79 Å². The molecule has 1 saturated carbocycles. The number of fused-ring (bicyclic) bond motifs is 1. The van der Waals surface area contributed by atoms with Crippen molar-refractivity contribution in [3.8, 4) is 5.75 Å². The Hall–Kier alpha value is -3.23. The molecule has 2 N–H and O–H groups in total. The number of carbonyl (C=O) groups excluding carboxylic acids is 1. The summed E-state index contributed by atoms with van der Waals surface area (Å²) < 4.78 is 19.0. The highest BCUT2D eigenvalue weighted by Crippen LogP contribution is 2.47. The maximum absolute atomic E-state index is 13.5. The SMILES string of the molecule is CC.COc1cc2ncnc(Nc3ccc(F)c(Cl)c3)c2cc1NC(=O)/C=C/CN1CC2(CCC2)C1. The quantitative estimate of drug-likeness (QED) is 0.369. The van der Waals surface area contributed by atoms with Gasteiger partial charge in [0.2, 0.25) is 5.91 Å². The van der Waals surface area contributed by atoms with Gasteiger partial charge in [-0.2, -0.15) is 0 Å². The molecule has 0 radical (unpaired) electrons. The summed E-state index contributed by atoms with van der Waals surface area (Å²) in [6.07, 6.45) is 8.88. The van der Waals surface area contributed by atoms with E-state index >= 15 is 0 Å². The number of hydrogen-bond acceptors (Lipinski definition) is 6. The van der Waals surface area contributed by atoms with Crippen molar-refractivity contribution in [2.75, 3.05) is 37.4 Å². The lowest BCUT2D eigenvalue weighted by Gasteiger charge is -2.56. The number of ether oxygens (including phenoxy) is 1. The van der Waals surface area contributed by atoms with Crippen molar-refractivity contribution in [2.45, 2.75) is 33.1 Å². The van der Waals surface area contributed by atoms with Crippen LogP contribution in [-0.4, -0.2) is 47.5 Å². The first-order valence-corrected chi connectivity index (χ1v) is 12.6. The van der Waals surface area contributed by atoms with Gasteiger partial charge < -0.3 is 15.4 Å². The summed E-state index contributed by atoms with van der Waals surface area (Å²) in [7, 11) is 1.54. The summed E-state index contributed by atoms with van der Waals surface area (Å²) in [6.45, 7) is 7.03. The fourth-order valence-corrected chi connectivity index (χ4v) is 4.85. The van der Waals surface area contributed by atoms with E-state index in [1.165, 1.54) is 44.8 Å². The minimum absolute atomic E-state index is 0.00542. The lowest BCUT2D eigenvalue weighted by Crippen LogP contribution is -2.59. The summed E-state index contributed by atoms with van der Waals surface area (Å²) in [5.41, 5.74) is 2.27. The monoisotopic (exact) mass is 511 g/mol. The van der Waals surface area contributed by atoms with Crippen molar-refractivity contribution < 1.29 is 13.9 Å². The molecule has 2 heterocycles. The van der Waals surface area contributed by atoms with Gasteiger partial charge in [0, 0.05) is 42.9 Å². The van der Waals surface area contributed by atoms with E-state index in [2.05, 4.69) is 25.5 Å². The lowest BCUT2D eigenvalue weighted by molar-refractivity contribution is -0.112. The Morgan fingerprint density at radius 1 is 1.22 bits per heavy atom. The van der Waals surface area contributed by atoms with Crippen molar-refractivity contribution in [3.63, 3.8) is 0 Å². The molecule has 1 aliphatic carbocycles. The highest BCUT2D eigenvalue weighted by molar-refractivity contribution is 6.31. The predicted octanol–water partition coefficient (Wildman–Crippen LogP) is 6.18. The van der Waals surface area contributed by atoms with Gasteiger partial charge >= 0.3 is 0 Å². The van der Waals surface area contributed by atoms with Crippen LogP contribution in [0.2, 0.25) is 5.02 Å². The van der Waals surface area contributed by atoms with E-state index in [0.29, 0.717) is 39.3 Å². The summed E-state index contributed by atoms with van der Waals surface area (Å²) >= 11 is 5.90. The molecule has 2 aliphatic rings. The fraction of sp³-hybridized carbons (Fsp3) is 0.370. The fourth-order valence-electron chi connectivity index (χ4n) is 4.67. The first kappa shape index (κ1) is 25.9. The molecule has 1 amide bonds. The Bertz CT molecular complexity index is 1270. The molecule has 0 bridgehead atoms. The van der Waals surface area contributed by atoms with E-state index in [1.54, 1.807) is 24.3 Å². The smallest absolute Gasteiger partial charge is 0.248 e. The van der Waals surface area contributed by atoms with E-state index in [9.17, 15) is 9.18 Å². The normalized spacial score (nSPS) is 16.1. The first-order valence-electron chi connectivity index (χ1n) is 12.2. The summed E-state index contributed by atoms with van der Waals surface area (Å²) in [5.74, 6) is 0.231. The van der Waals surface area contributed by atoms with Crippen molar-refractivity contribution in [1.29, 1.82) is 0 Å². The molecule has 36 heavy (non-hydrogen) atoms. The summed E-state index contributed by atoms with van der Waals surface area (Å²) in [5, 5.41) is 6.69. The van der Waals surface area contributed by atoms with E-state index < -0.39 is 5.82 Å². The largest absolute Gasteiger partial charge is 0.494 e. The van der Waals surface area contributed by atoms with Crippen LogP contribution in [0.1, 0.15) is 33.1 Å². The van der Waals surface area contributed by atoms with Crippen molar-refractivity contribution >= 4 is 45.6 Å². The van der Waals surface area contributed by atoms with Gasteiger partial charge in [-0.15, -0.1) is 0 Å². The van der Waals surface area contributed by atoms with Crippen LogP contribution in [0.3, 0.4) is 0 Å². The molecule has 1 spiro atoms. The van der Waals surface area contributed by atoms with Crippen molar-refractivity contribution in [1.82, 2.24) is 14.9 Å². The summed E-state index contributed by atoms with van der Waals surface area (Å²) in [6, 6.07) is 7.81. The Morgan fingerprint density at radius 2 is 2.00 bits per heavy atom. The van der Waals surface area contributed by atoms with Crippen LogP contribution in [0.25, 0.3) is 10.9 Å². The number of benzene rings is 2. The molecule has 1 saturated heterocycles. The van der Waals surface area contributed by atoms with E-state index in [1.807, 2.05) is 19.9 Å². The topological polar surface area (TPSA) is 79.4 Å². The zero-order valence-electron chi connectivity index (χ0n) is 20.8. The molecule has 9 heteroatoms. The average molecular weight is 512 g/mol. The van der Waals surface area contributed by atoms with Gasteiger partial charge in [0.1, 0.15) is 23.7 Å². The van der Waals surface area contributed by atoms with Gasteiger partial charge in [0.05, 0.1) is 23.3 Å². The lowest BCUT2D eigenvalue weighted by atomic mass is 9.63. The molecule has 7 nitrogen and oxygen atoms in total. The number of likely N-dealkylation sites (tertiary alicyclic amines) is 1. The number of methoxy groups -OCH3 is 1. The molecule has 0 unspecified atom stereocenters. The first-order chi connectivity index (χ1) is 17.4. The van der Waals surface area contributed by atoms with Crippen LogP contribution < -0.4 is 15.4 Å². The van der Waals surface area contributed by atoms with Gasteiger partial charge in [0.25, 0.3) is 0 Å². The molecule has 1 aliphatic heterocycles. The highest BCUT2D eigenvalue weighted by atomic mass is 35.5.